The van der Waals surface area contributed by atoms with Crippen LogP contribution in [0.2, 0.25) is 0 Å². The van der Waals surface area contributed by atoms with Crippen molar-refractivity contribution in [2.24, 2.45) is 0 Å². The van der Waals surface area contributed by atoms with Crippen molar-refractivity contribution in [3.63, 3.8) is 0 Å². The predicted octanol–water partition coefficient (Wildman–Crippen LogP) is 9.97. The quantitative estimate of drug-likeness (QED) is 0.0863. The van der Waals surface area contributed by atoms with E-state index in [1.54, 1.807) is 36.4 Å². The number of nitrogens with zero attached hydrogens (tertiary/aromatic N) is 3. The maximum atomic E-state index is 10.2. The van der Waals surface area contributed by atoms with Gasteiger partial charge < -0.3 is 25.3 Å². The number of aromatic hydroxyl groups is 3. The second-order valence-electron chi connectivity index (χ2n) is 13.2. The Kier molecular flexibility index (Phi) is 8.29. The van der Waals surface area contributed by atoms with Gasteiger partial charge in [-0.3, -0.25) is 0 Å². The van der Waals surface area contributed by atoms with E-state index in [-0.39, 0.29) is 17.2 Å². The molecule has 0 saturated carbocycles. The van der Waals surface area contributed by atoms with Gasteiger partial charge in [-0.25, -0.2) is 14.5 Å². The fourth-order valence-electron chi connectivity index (χ4n) is 7.18. The number of hydrogen-bond acceptors (Lipinski definition) is 5. The van der Waals surface area contributed by atoms with Gasteiger partial charge in [-0.1, -0.05) is 36.4 Å². The summed E-state index contributed by atoms with van der Waals surface area (Å²) in [5.41, 5.74) is 13.5. The molecule has 3 aromatic carbocycles. The van der Waals surface area contributed by atoms with Gasteiger partial charge in [0.2, 0.25) is 0 Å². The zero-order valence-electron chi connectivity index (χ0n) is 28.8. The molecular formula is C45H33ClN5O3+. The molecule has 54 heavy (non-hydrogen) atoms. The van der Waals surface area contributed by atoms with Crippen LogP contribution in [0, 0.1) is 0 Å². The Balaban J connectivity index is 1.44. The van der Waals surface area contributed by atoms with Crippen molar-refractivity contribution >= 4 is 58.0 Å². The third kappa shape index (κ3) is 6.08. The van der Waals surface area contributed by atoms with Gasteiger partial charge in [-0.2, -0.15) is 0 Å². The van der Waals surface area contributed by atoms with Crippen LogP contribution in [-0.2, 0) is 6.54 Å². The van der Waals surface area contributed by atoms with Crippen LogP contribution in [0.5, 0.6) is 17.2 Å². The third-order valence-electron chi connectivity index (χ3n) is 9.74. The van der Waals surface area contributed by atoms with Crippen molar-refractivity contribution in [2.75, 3.05) is 5.88 Å². The number of phenolic OH excluding ortho intramolecular Hbond substituents is 3. The molecule has 262 valence electrons. The maximum absolute atomic E-state index is 10.2. The summed E-state index contributed by atoms with van der Waals surface area (Å²) in [6, 6.07) is 33.7. The molecule has 0 atom stereocenters. The minimum atomic E-state index is 0.170. The number of aryl methyl sites for hydroxylation is 1. The number of hydrogen-bond donors (Lipinski definition) is 5. The van der Waals surface area contributed by atoms with E-state index in [0.29, 0.717) is 12.4 Å². The Morgan fingerprint density at radius 3 is 1.02 bits per heavy atom. The number of pyridine rings is 1. The van der Waals surface area contributed by atoms with E-state index in [9.17, 15) is 15.3 Å². The summed E-state index contributed by atoms with van der Waals surface area (Å²) in [4.78, 5) is 18.0. The van der Waals surface area contributed by atoms with E-state index in [0.717, 1.165) is 89.4 Å². The van der Waals surface area contributed by atoms with Gasteiger partial charge in [0.05, 0.1) is 28.7 Å². The molecule has 0 radical (unpaired) electrons. The molecule has 0 spiro atoms. The maximum Gasteiger partial charge on any atom is 0.169 e. The first-order valence-corrected chi connectivity index (χ1v) is 18.1. The zero-order chi connectivity index (χ0) is 36.8. The average Bonchev–Trinajstić information content (AvgIpc) is 4.02. The second kappa shape index (κ2) is 13.6. The first-order chi connectivity index (χ1) is 26.4. The lowest BCUT2D eigenvalue weighted by molar-refractivity contribution is -0.692. The van der Waals surface area contributed by atoms with E-state index < -0.39 is 0 Å². The predicted molar refractivity (Wildman–Crippen MR) is 217 cm³/mol. The number of alkyl halides is 1. The van der Waals surface area contributed by atoms with Crippen LogP contribution in [-0.4, -0.2) is 41.1 Å². The number of fused-ring (bicyclic) bond motifs is 8. The molecule has 8 nitrogen and oxygen atoms in total. The summed E-state index contributed by atoms with van der Waals surface area (Å²) in [5, 5.41) is 30.6. The highest BCUT2D eigenvalue weighted by Gasteiger charge is 2.19. The molecule has 6 heterocycles. The highest BCUT2D eigenvalue weighted by molar-refractivity contribution is 6.17. The Labute approximate surface area is 315 Å². The topological polar surface area (TPSA) is 122 Å². The molecule has 0 fully saturated rings. The van der Waals surface area contributed by atoms with Gasteiger partial charge in [-0.05, 0) is 107 Å². The molecule has 5 N–H and O–H groups in total. The lowest BCUT2D eigenvalue weighted by Crippen LogP contribution is -2.33. The Morgan fingerprint density at radius 2 is 0.722 bits per heavy atom. The van der Waals surface area contributed by atoms with Crippen LogP contribution in [0.3, 0.4) is 0 Å². The molecule has 7 aromatic rings. The molecule has 0 saturated heterocycles. The molecule has 0 amide bonds. The summed E-state index contributed by atoms with van der Waals surface area (Å²) in [6.45, 7) is 0.692. The summed E-state index contributed by atoms with van der Waals surface area (Å²) < 4.78 is 2.05. The van der Waals surface area contributed by atoms with Crippen LogP contribution < -0.4 is 4.57 Å². The molecule has 0 unspecified atom stereocenters. The van der Waals surface area contributed by atoms with E-state index in [2.05, 4.69) is 38.8 Å². The van der Waals surface area contributed by atoms with Crippen LogP contribution >= 0.6 is 11.6 Å². The molecule has 9 heteroatoms. The van der Waals surface area contributed by atoms with E-state index >= 15 is 0 Å². The first kappa shape index (κ1) is 33.0. The number of rotatable bonds is 6. The van der Waals surface area contributed by atoms with Gasteiger partial charge in [0.25, 0.3) is 0 Å². The summed E-state index contributed by atoms with van der Waals surface area (Å²) in [6.07, 6.45) is 12.1. The number of H-pyrrole nitrogens is 2. The van der Waals surface area contributed by atoms with E-state index in [1.165, 1.54) is 0 Å². The Morgan fingerprint density at radius 1 is 0.426 bits per heavy atom. The van der Waals surface area contributed by atoms with E-state index in [1.807, 2.05) is 85.2 Å². The van der Waals surface area contributed by atoms with Crippen molar-refractivity contribution in [3.05, 3.63) is 144 Å². The van der Waals surface area contributed by atoms with Crippen molar-refractivity contribution in [3.8, 4) is 61.8 Å². The largest absolute Gasteiger partial charge is 0.508 e. The Hall–Kier alpha value is -6.90. The summed E-state index contributed by atoms with van der Waals surface area (Å²) >= 11 is 6.06. The fraction of sp³-hybridized carbons (Fsp3) is 0.0444. The van der Waals surface area contributed by atoms with Crippen molar-refractivity contribution in [1.82, 2.24) is 19.9 Å². The monoisotopic (exact) mass is 726 g/mol. The standard InChI is InChI=1S/C45H32ClN5O3/c46-23-26-51-24-21-30(22-25-51)45-40-19-17-38(49-40)43(28-3-9-32(53)10-4-28)36-15-13-34(47-36)42(27-1-7-31(52)8-2-27)35-14-16-37(48-35)44(39-18-20-41(45)50-39)29-5-11-33(54)12-6-29/h1-22,24-25H,23,26H2,(H4,47,48,49,50,52,53,54)/p+1. The molecule has 8 bridgehead atoms. The van der Waals surface area contributed by atoms with Gasteiger partial charge in [0.1, 0.15) is 17.2 Å². The number of benzene rings is 3. The van der Waals surface area contributed by atoms with Crippen molar-refractivity contribution in [1.29, 1.82) is 0 Å². The third-order valence-corrected chi connectivity index (χ3v) is 9.91. The molecule has 4 aromatic heterocycles. The molecule has 9 rings (SSSR count). The molecule has 2 aliphatic rings. The molecule has 0 aliphatic carbocycles. The Bertz CT molecular complexity index is 2740. The van der Waals surface area contributed by atoms with E-state index in [4.69, 9.17) is 21.6 Å². The summed E-state index contributed by atoms with van der Waals surface area (Å²) in [7, 11) is 0. The normalized spacial score (nSPS) is 12.0. The van der Waals surface area contributed by atoms with Crippen molar-refractivity contribution in [2.45, 2.75) is 6.54 Å². The molecule has 2 aliphatic heterocycles. The number of halogens is 1. The van der Waals surface area contributed by atoms with Crippen molar-refractivity contribution < 1.29 is 19.9 Å². The SMILES string of the molecule is Oc1ccc(-c2c3nc(c(-c4ccc(O)cc4)c4ccc([nH]4)c(-c4cc[n+](CCCl)cc4)c4nc(c(-c5ccc(O)cc5)c5ccc2[nH]5)C=C4)C=C3)cc1. The van der Waals surface area contributed by atoms with Crippen LogP contribution in [0.1, 0.15) is 22.8 Å². The highest BCUT2D eigenvalue weighted by Crippen LogP contribution is 2.39. The van der Waals surface area contributed by atoms with Crippen LogP contribution in [0.15, 0.2) is 122 Å². The van der Waals surface area contributed by atoms with Crippen LogP contribution in [0.25, 0.3) is 90.9 Å². The number of aromatic nitrogens is 5. The molecular weight excluding hydrogens is 694 g/mol. The second-order valence-corrected chi connectivity index (χ2v) is 13.5. The smallest absolute Gasteiger partial charge is 0.169 e. The van der Waals surface area contributed by atoms with Gasteiger partial charge in [0.15, 0.2) is 18.9 Å². The van der Waals surface area contributed by atoms with Gasteiger partial charge >= 0.3 is 0 Å². The van der Waals surface area contributed by atoms with Gasteiger partial charge in [0, 0.05) is 56.5 Å². The number of aromatic amines is 2. The zero-order valence-corrected chi connectivity index (χ0v) is 29.6. The minimum absolute atomic E-state index is 0.170. The lowest BCUT2D eigenvalue weighted by atomic mass is 10.0. The average molecular weight is 727 g/mol. The number of nitrogens with one attached hydrogen (secondary N) is 2. The fourth-order valence-corrected chi connectivity index (χ4v) is 7.37. The summed E-state index contributed by atoms with van der Waals surface area (Å²) in [5.74, 6) is 1.03. The highest BCUT2D eigenvalue weighted by atomic mass is 35.5. The van der Waals surface area contributed by atoms with Crippen LogP contribution in [0.4, 0.5) is 0 Å². The number of phenols is 3. The minimum Gasteiger partial charge on any atom is -0.508 e. The van der Waals surface area contributed by atoms with Gasteiger partial charge in [-0.15, -0.1) is 11.6 Å². The lowest BCUT2D eigenvalue weighted by Gasteiger charge is -2.07. The first-order valence-electron chi connectivity index (χ1n) is 17.5.